The predicted molar refractivity (Wildman–Crippen MR) is 102 cm³/mol. The second kappa shape index (κ2) is 11.1. The number of hydrogen-bond donors (Lipinski definition) is 2. The number of ketones is 4. The third kappa shape index (κ3) is 5.69. The van der Waals surface area contributed by atoms with Gasteiger partial charge >= 0.3 is 11.9 Å². The van der Waals surface area contributed by atoms with Crippen LogP contribution in [0.1, 0.15) is 33.6 Å². The number of hydrogen-bond acceptors (Lipinski definition) is 10. The third-order valence-corrected chi connectivity index (χ3v) is 4.34. The first-order chi connectivity index (χ1) is 14.1. The summed E-state index contributed by atoms with van der Waals surface area (Å²) in [6.07, 6.45) is 1.41. The van der Waals surface area contributed by atoms with Gasteiger partial charge in [-0.3, -0.25) is 19.2 Å². The van der Waals surface area contributed by atoms with Gasteiger partial charge in [0.25, 0.3) is 0 Å². The number of aliphatic hydroxyl groups is 1. The van der Waals surface area contributed by atoms with Crippen molar-refractivity contribution in [3.05, 3.63) is 24.0 Å². The minimum absolute atomic E-state index is 0.0760. The number of carbonyl (C=O) groups is 6. The molecule has 10 nitrogen and oxygen atoms in total. The van der Waals surface area contributed by atoms with Crippen molar-refractivity contribution in [2.75, 3.05) is 19.8 Å². The van der Waals surface area contributed by atoms with E-state index in [1.165, 1.54) is 19.9 Å². The van der Waals surface area contributed by atoms with E-state index in [2.05, 4.69) is 14.8 Å². The molecule has 1 rings (SSSR count). The fourth-order valence-electron chi connectivity index (χ4n) is 2.96. The fraction of sp³-hybridized carbons (Fsp3) is 0.500. The van der Waals surface area contributed by atoms with Crippen molar-refractivity contribution < 1.29 is 43.3 Å². The van der Waals surface area contributed by atoms with Gasteiger partial charge in [0.2, 0.25) is 11.6 Å². The molecule has 30 heavy (non-hydrogen) atoms. The first-order valence-electron chi connectivity index (χ1n) is 9.43. The summed E-state index contributed by atoms with van der Waals surface area (Å²) < 4.78 is 9.15. The van der Waals surface area contributed by atoms with Crippen LogP contribution >= 0.6 is 0 Å². The monoisotopic (exact) mass is 423 g/mol. The second-order valence-corrected chi connectivity index (χ2v) is 6.32. The number of aliphatic hydroxyl groups excluding tert-OH is 1. The Balaban J connectivity index is 3.30. The normalized spacial score (nSPS) is 16.9. The van der Waals surface area contributed by atoms with Crippen LogP contribution in [0.25, 0.3) is 0 Å². The van der Waals surface area contributed by atoms with Crippen LogP contribution in [0, 0.1) is 5.41 Å². The van der Waals surface area contributed by atoms with Crippen LogP contribution in [0.5, 0.6) is 0 Å². The van der Waals surface area contributed by atoms with Gasteiger partial charge in [-0.05, 0) is 32.5 Å². The molecular formula is C20H25NO9. The van der Waals surface area contributed by atoms with E-state index in [0.29, 0.717) is 0 Å². The zero-order valence-electron chi connectivity index (χ0n) is 17.1. The number of esters is 2. The minimum Gasteiger partial charge on any atom is -0.508 e. The topological polar surface area (TPSA) is 153 Å². The molecule has 0 radical (unpaired) electrons. The van der Waals surface area contributed by atoms with Crippen molar-refractivity contribution in [3.63, 3.8) is 0 Å². The lowest BCUT2D eigenvalue weighted by Crippen LogP contribution is -2.55. The summed E-state index contributed by atoms with van der Waals surface area (Å²) in [4.78, 5) is 73.5. The maximum absolute atomic E-state index is 13.1. The van der Waals surface area contributed by atoms with E-state index < -0.39 is 59.4 Å². The molecule has 0 amide bonds. The van der Waals surface area contributed by atoms with Gasteiger partial charge in [-0.15, -0.1) is 0 Å². The van der Waals surface area contributed by atoms with Gasteiger partial charge in [-0.25, -0.2) is 9.59 Å². The number of allylic oxidation sites excluding steroid dienone is 1. The molecular weight excluding hydrogens is 398 g/mol. The fourth-order valence-corrected chi connectivity index (χ4v) is 2.96. The standard InChI is InChI=1S/C20H25NO9/c1-4-21-15-9-12(22)7-8-20(15,16(25)10-13(23)18(27)29-5-2)17(26)11-14(24)19(28)30-6-3/h7-9,15,21-22H,4-6,10-11H2,1-3H3. The van der Waals surface area contributed by atoms with Gasteiger partial charge in [0.1, 0.15) is 11.2 Å². The molecule has 1 atom stereocenters. The molecule has 1 aliphatic carbocycles. The van der Waals surface area contributed by atoms with E-state index >= 15 is 0 Å². The molecule has 2 N–H and O–H groups in total. The van der Waals surface area contributed by atoms with Crippen LogP contribution in [-0.2, 0) is 38.2 Å². The van der Waals surface area contributed by atoms with Crippen LogP contribution in [0.2, 0.25) is 0 Å². The number of ether oxygens (including phenoxy) is 2. The van der Waals surface area contributed by atoms with Crippen molar-refractivity contribution in [2.45, 2.75) is 39.7 Å². The Labute approximate surface area is 173 Å². The quantitative estimate of drug-likeness (QED) is 0.252. The first-order valence-corrected chi connectivity index (χ1v) is 9.43. The lowest BCUT2D eigenvalue weighted by Gasteiger charge is -2.36. The Morgan fingerprint density at radius 2 is 1.40 bits per heavy atom. The average molecular weight is 423 g/mol. The summed E-state index contributed by atoms with van der Waals surface area (Å²) in [7, 11) is 0. The van der Waals surface area contributed by atoms with Crippen molar-refractivity contribution in [1.82, 2.24) is 5.32 Å². The van der Waals surface area contributed by atoms with E-state index in [1.807, 2.05) is 0 Å². The molecule has 0 fully saturated rings. The Kier molecular flexibility index (Phi) is 9.25. The van der Waals surface area contributed by atoms with Gasteiger partial charge in [0.05, 0.1) is 32.1 Å². The zero-order chi connectivity index (χ0) is 22.9. The van der Waals surface area contributed by atoms with Crippen molar-refractivity contribution >= 4 is 35.1 Å². The average Bonchev–Trinajstić information content (AvgIpc) is 2.68. The molecule has 0 aromatic heterocycles. The van der Waals surface area contributed by atoms with Crippen molar-refractivity contribution in [1.29, 1.82) is 0 Å². The molecule has 164 valence electrons. The van der Waals surface area contributed by atoms with E-state index in [-0.39, 0.29) is 25.5 Å². The zero-order valence-corrected chi connectivity index (χ0v) is 17.1. The number of carbonyl (C=O) groups excluding carboxylic acids is 6. The highest BCUT2D eigenvalue weighted by atomic mass is 16.5. The van der Waals surface area contributed by atoms with E-state index in [4.69, 9.17) is 0 Å². The Bertz CT molecular complexity index is 750. The van der Waals surface area contributed by atoms with Crippen LogP contribution < -0.4 is 5.32 Å². The highest BCUT2D eigenvalue weighted by Crippen LogP contribution is 2.35. The summed E-state index contributed by atoms with van der Waals surface area (Å²) in [6.45, 7) is 4.76. The summed E-state index contributed by atoms with van der Waals surface area (Å²) in [5, 5.41) is 12.7. The maximum atomic E-state index is 13.1. The third-order valence-electron chi connectivity index (χ3n) is 4.34. The second-order valence-electron chi connectivity index (χ2n) is 6.32. The Morgan fingerprint density at radius 1 is 0.933 bits per heavy atom. The van der Waals surface area contributed by atoms with Gasteiger partial charge in [0.15, 0.2) is 11.6 Å². The number of likely N-dealkylation sites (N-methyl/N-ethyl adjacent to an activating group) is 1. The Morgan fingerprint density at radius 3 is 1.80 bits per heavy atom. The van der Waals surface area contributed by atoms with Crippen LogP contribution in [0.4, 0.5) is 0 Å². The van der Waals surface area contributed by atoms with Gasteiger partial charge < -0.3 is 19.9 Å². The van der Waals surface area contributed by atoms with Crippen LogP contribution in [0.3, 0.4) is 0 Å². The van der Waals surface area contributed by atoms with Gasteiger partial charge in [-0.2, -0.15) is 0 Å². The maximum Gasteiger partial charge on any atom is 0.375 e. The lowest BCUT2D eigenvalue weighted by molar-refractivity contribution is -0.156. The molecule has 0 aromatic rings. The van der Waals surface area contributed by atoms with Crippen molar-refractivity contribution in [3.8, 4) is 0 Å². The first kappa shape index (κ1) is 24.9. The molecule has 0 saturated heterocycles. The lowest BCUT2D eigenvalue weighted by atomic mass is 9.68. The number of nitrogens with one attached hydrogen (secondary N) is 1. The highest BCUT2D eigenvalue weighted by Gasteiger charge is 2.51. The molecule has 10 heteroatoms. The molecule has 0 heterocycles. The van der Waals surface area contributed by atoms with E-state index in [9.17, 15) is 33.9 Å². The number of rotatable bonds is 12. The van der Waals surface area contributed by atoms with Gasteiger partial charge in [-0.1, -0.05) is 13.0 Å². The molecule has 0 bridgehead atoms. The summed E-state index contributed by atoms with van der Waals surface area (Å²) >= 11 is 0. The molecule has 1 aliphatic rings. The van der Waals surface area contributed by atoms with E-state index in [0.717, 1.165) is 12.2 Å². The SMILES string of the molecule is CCNC1C=C(O)C=CC1(C(=O)CC(=O)C(=O)OCC)C(=O)CC(=O)C(=O)OCC. The van der Waals surface area contributed by atoms with Crippen molar-refractivity contribution in [2.24, 2.45) is 5.41 Å². The number of Topliss-reactive ketones (excluding diaryl/α,β-unsaturated/α-hetero) is 4. The molecule has 0 saturated carbocycles. The van der Waals surface area contributed by atoms with Crippen LogP contribution in [0.15, 0.2) is 24.0 Å². The van der Waals surface area contributed by atoms with Crippen LogP contribution in [-0.4, -0.2) is 66.0 Å². The smallest absolute Gasteiger partial charge is 0.375 e. The summed E-state index contributed by atoms with van der Waals surface area (Å²) in [6, 6.07) is -1.11. The highest BCUT2D eigenvalue weighted by molar-refractivity contribution is 6.40. The predicted octanol–water partition coefficient (Wildman–Crippen LogP) is 0.145. The minimum atomic E-state index is -2.09. The molecule has 0 aliphatic heterocycles. The van der Waals surface area contributed by atoms with E-state index in [1.54, 1.807) is 6.92 Å². The largest absolute Gasteiger partial charge is 0.508 e. The summed E-state index contributed by atoms with van der Waals surface area (Å²) in [5.74, 6) is -6.98. The van der Waals surface area contributed by atoms with Gasteiger partial charge in [0, 0.05) is 0 Å². The molecule has 1 unspecified atom stereocenters. The Hall–Kier alpha value is -3.14. The molecule has 0 aromatic carbocycles. The summed E-state index contributed by atoms with van der Waals surface area (Å²) in [5.41, 5.74) is -2.09. The molecule has 0 spiro atoms.